The van der Waals surface area contributed by atoms with Crippen molar-refractivity contribution in [3.8, 4) is 0 Å². The van der Waals surface area contributed by atoms with Gasteiger partial charge in [-0.3, -0.25) is 0 Å². The Morgan fingerprint density at radius 2 is 2.07 bits per heavy atom. The maximum absolute atomic E-state index is 11.1. The van der Waals surface area contributed by atoms with Gasteiger partial charge >= 0.3 is 5.97 Å². The molecule has 0 aliphatic heterocycles. The van der Waals surface area contributed by atoms with Crippen LogP contribution in [0.25, 0.3) is 0 Å². The average Bonchev–Trinajstić information content (AvgIpc) is 2.18. The first-order valence-corrected chi connectivity index (χ1v) is 5.03. The van der Waals surface area contributed by atoms with Crippen molar-refractivity contribution in [2.24, 2.45) is 0 Å². The molecule has 0 saturated heterocycles. The molecular formula is C9H14N2O2S. The third-order valence-electron chi connectivity index (χ3n) is 1.32. The summed E-state index contributed by atoms with van der Waals surface area (Å²) in [5, 5.41) is 0.646. The lowest BCUT2D eigenvalue weighted by molar-refractivity contribution is 0.0525. The Hall–Kier alpha value is -1.10. The molecule has 1 heterocycles. The molecule has 0 bridgehead atoms. The van der Waals surface area contributed by atoms with Crippen LogP contribution < -0.4 is 0 Å². The highest BCUT2D eigenvalue weighted by Gasteiger charge is 2.06. The summed E-state index contributed by atoms with van der Waals surface area (Å²) in [4.78, 5) is 19.0. The second-order valence-electron chi connectivity index (χ2n) is 2.18. The molecule has 0 radical (unpaired) electrons. The summed E-state index contributed by atoms with van der Waals surface area (Å²) in [5.74, 6) is -0.379. The van der Waals surface area contributed by atoms with Crippen molar-refractivity contribution >= 4 is 17.7 Å². The van der Waals surface area contributed by atoms with E-state index >= 15 is 0 Å². The Bertz CT molecular complexity index is 287. The maximum atomic E-state index is 11.1. The quantitative estimate of drug-likeness (QED) is 0.437. The van der Waals surface area contributed by atoms with Gasteiger partial charge in [-0.1, -0.05) is 19.2 Å². The number of carbonyl (C=O) groups excluding carboxylic acids is 1. The van der Waals surface area contributed by atoms with Gasteiger partial charge in [0.2, 0.25) is 0 Å². The van der Waals surface area contributed by atoms with Gasteiger partial charge in [0, 0.05) is 12.4 Å². The van der Waals surface area contributed by atoms with Crippen molar-refractivity contribution in [3.05, 3.63) is 18.0 Å². The molecule has 0 saturated carbocycles. The number of hydrogen-bond donors (Lipinski definition) is 0. The molecule has 5 heteroatoms. The Morgan fingerprint density at radius 3 is 2.50 bits per heavy atom. The highest BCUT2D eigenvalue weighted by Crippen LogP contribution is 2.07. The fourth-order valence-corrected chi connectivity index (χ4v) is 1.06. The van der Waals surface area contributed by atoms with E-state index in [1.807, 2.05) is 6.26 Å². The molecule has 1 aromatic heterocycles. The molecule has 1 rings (SSSR count). The van der Waals surface area contributed by atoms with Crippen LogP contribution in [0.1, 0.15) is 24.7 Å². The van der Waals surface area contributed by atoms with Crippen LogP contribution >= 0.6 is 11.8 Å². The minimum atomic E-state index is -0.379. The van der Waals surface area contributed by atoms with Gasteiger partial charge in [0.05, 0.1) is 12.2 Å². The molecule has 0 unspecified atom stereocenters. The molecule has 0 aromatic carbocycles. The molecule has 4 nitrogen and oxygen atoms in total. The van der Waals surface area contributed by atoms with Crippen molar-refractivity contribution in [2.75, 3.05) is 12.9 Å². The van der Waals surface area contributed by atoms with Crippen LogP contribution in [-0.4, -0.2) is 28.8 Å². The largest absolute Gasteiger partial charge is 0.462 e. The Labute approximate surface area is 88.1 Å². The number of ether oxygens (including phenoxy) is 1. The SMILES string of the molecule is C.CCOC(=O)c1cnc(SC)nc1. The van der Waals surface area contributed by atoms with Gasteiger partial charge in [0.25, 0.3) is 0 Å². The van der Waals surface area contributed by atoms with Gasteiger partial charge in [-0.2, -0.15) is 0 Å². The van der Waals surface area contributed by atoms with E-state index in [9.17, 15) is 4.79 Å². The van der Waals surface area contributed by atoms with Crippen LogP contribution in [0.5, 0.6) is 0 Å². The van der Waals surface area contributed by atoms with Crippen LogP contribution in [0.2, 0.25) is 0 Å². The van der Waals surface area contributed by atoms with Gasteiger partial charge in [-0.15, -0.1) is 0 Å². The number of esters is 1. The zero-order chi connectivity index (χ0) is 9.68. The minimum absolute atomic E-state index is 0. The molecule has 0 fully saturated rings. The molecule has 0 amide bonds. The molecule has 78 valence electrons. The van der Waals surface area contributed by atoms with Gasteiger partial charge in [0.1, 0.15) is 0 Å². The molecule has 0 N–H and O–H groups in total. The second kappa shape index (κ2) is 6.37. The lowest BCUT2D eigenvalue weighted by atomic mass is 10.3. The average molecular weight is 214 g/mol. The van der Waals surface area contributed by atoms with E-state index in [2.05, 4.69) is 9.97 Å². The third kappa shape index (κ3) is 3.33. The van der Waals surface area contributed by atoms with Crippen LogP contribution in [0, 0.1) is 0 Å². The van der Waals surface area contributed by atoms with E-state index in [1.54, 1.807) is 6.92 Å². The highest BCUT2D eigenvalue weighted by atomic mass is 32.2. The molecular weight excluding hydrogens is 200 g/mol. The fraction of sp³-hybridized carbons (Fsp3) is 0.444. The molecule has 0 spiro atoms. The van der Waals surface area contributed by atoms with Crippen LogP contribution in [0.3, 0.4) is 0 Å². The topological polar surface area (TPSA) is 52.1 Å². The normalized spacial score (nSPS) is 9.00. The standard InChI is InChI=1S/C8H10N2O2S.CH4/c1-3-12-7(11)6-4-9-8(13-2)10-5-6;/h4-5H,3H2,1-2H3;1H4. The summed E-state index contributed by atoms with van der Waals surface area (Å²) in [6.45, 7) is 2.12. The Morgan fingerprint density at radius 1 is 1.50 bits per heavy atom. The summed E-state index contributed by atoms with van der Waals surface area (Å²) in [7, 11) is 0. The van der Waals surface area contributed by atoms with Crippen molar-refractivity contribution in [1.82, 2.24) is 9.97 Å². The fourth-order valence-electron chi connectivity index (χ4n) is 0.741. The molecule has 0 atom stereocenters. The van der Waals surface area contributed by atoms with Crippen LogP contribution in [0.4, 0.5) is 0 Å². The number of carbonyl (C=O) groups is 1. The first kappa shape index (κ1) is 12.9. The second-order valence-corrected chi connectivity index (χ2v) is 2.95. The molecule has 1 aromatic rings. The zero-order valence-corrected chi connectivity index (χ0v) is 8.30. The monoisotopic (exact) mass is 214 g/mol. The lowest BCUT2D eigenvalue weighted by Gasteiger charge is -2.00. The van der Waals surface area contributed by atoms with Gasteiger partial charge in [-0.25, -0.2) is 14.8 Å². The third-order valence-corrected chi connectivity index (χ3v) is 1.90. The lowest BCUT2D eigenvalue weighted by Crippen LogP contribution is -2.05. The minimum Gasteiger partial charge on any atom is -0.462 e. The maximum Gasteiger partial charge on any atom is 0.341 e. The van der Waals surface area contributed by atoms with Gasteiger partial charge < -0.3 is 4.74 Å². The predicted molar refractivity (Wildman–Crippen MR) is 56.5 cm³/mol. The molecule has 0 aliphatic carbocycles. The first-order valence-electron chi connectivity index (χ1n) is 3.81. The highest BCUT2D eigenvalue weighted by molar-refractivity contribution is 7.98. The van der Waals surface area contributed by atoms with Crippen molar-refractivity contribution in [3.63, 3.8) is 0 Å². The number of rotatable bonds is 3. The van der Waals surface area contributed by atoms with Gasteiger partial charge in [-0.05, 0) is 13.2 Å². The van der Waals surface area contributed by atoms with Crippen LogP contribution in [-0.2, 0) is 4.74 Å². The number of thioether (sulfide) groups is 1. The number of hydrogen-bond acceptors (Lipinski definition) is 5. The zero-order valence-electron chi connectivity index (χ0n) is 7.48. The number of nitrogens with zero attached hydrogens (tertiary/aromatic N) is 2. The Kier molecular flexibility index (Phi) is 5.87. The van der Waals surface area contributed by atoms with E-state index in [0.29, 0.717) is 17.3 Å². The van der Waals surface area contributed by atoms with Crippen molar-refractivity contribution in [1.29, 1.82) is 0 Å². The summed E-state index contributed by atoms with van der Waals surface area (Å²) in [5.41, 5.74) is 0.389. The Balaban J connectivity index is 0.00000169. The van der Waals surface area contributed by atoms with E-state index in [-0.39, 0.29) is 13.4 Å². The van der Waals surface area contributed by atoms with E-state index < -0.39 is 0 Å². The molecule has 0 aliphatic rings. The molecule has 14 heavy (non-hydrogen) atoms. The predicted octanol–water partition coefficient (Wildman–Crippen LogP) is 2.01. The summed E-state index contributed by atoms with van der Waals surface area (Å²) >= 11 is 1.43. The van der Waals surface area contributed by atoms with Crippen LogP contribution in [0.15, 0.2) is 17.6 Å². The summed E-state index contributed by atoms with van der Waals surface area (Å²) in [6.07, 6.45) is 4.81. The van der Waals surface area contributed by atoms with Gasteiger partial charge in [0.15, 0.2) is 5.16 Å². The van der Waals surface area contributed by atoms with E-state index in [1.165, 1.54) is 24.2 Å². The summed E-state index contributed by atoms with van der Waals surface area (Å²) in [6, 6.07) is 0. The first-order chi connectivity index (χ1) is 6.27. The van der Waals surface area contributed by atoms with Crippen molar-refractivity contribution in [2.45, 2.75) is 19.5 Å². The van der Waals surface area contributed by atoms with Crippen molar-refractivity contribution < 1.29 is 9.53 Å². The van der Waals surface area contributed by atoms with E-state index in [0.717, 1.165) is 0 Å². The smallest absolute Gasteiger partial charge is 0.341 e. The van der Waals surface area contributed by atoms with E-state index in [4.69, 9.17) is 4.74 Å². The number of aromatic nitrogens is 2. The summed E-state index contributed by atoms with van der Waals surface area (Å²) < 4.78 is 4.78.